The third-order valence-electron chi connectivity index (χ3n) is 2.33. The topological polar surface area (TPSA) is 73.1 Å². The van der Waals surface area contributed by atoms with E-state index in [1.54, 1.807) is 6.26 Å². The molecule has 0 bridgehead atoms. The van der Waals surface area contributed by atoms with Crippen LogP contribution in [0.25, 0.3) is 0 Å². The van der Waals surface area contributed by atoms with Crippen LogP contribution in [0.4, 0.5) is 5.82 Å². The lowest BCUT2D eigenvalue weighted by molar-refractivity contribution is 0.128. The summed E-state index contributed by atoms with van der Waals surface area (Å²) in [5.74, 6) is 1.43. The fraction of sp³-hybridized carbons (Fsp3) is 0.462. The Labute approximate surface area is 122 Å². The Morgan fingerprint density at radius 3 is 2.80 bits per heavy atom. The van der Waals surface area contributed by atoms with Crippen LogP contribution in [0.2, 0.25) is 0 Å². The zero-order valence-electron chi connectivity index (χ0n) is 11.8. The molecule has 1 N–H and O–H groups in total. The minimum Gasteiger partial charge on any atom is -0.439 e. The standard InChI is InChI=1S/C13H18N4O2S/c1-4-14-10-6-12(17-11(16-10)8-18-5-2)20-13-15-9(3)7-19-13/h6-7H,4-5,8H2,1-3H3,(H,14,16,17). The summed E-state index contributed by atoms with van der Waals surface area (Å²) in [5, 5.41) is 4.54. The van der Waals surface area contributed by atoms with Gasteiger partial charge >= 0.3 is 0 Å². The van der Waals surface area contributed by atoms with Gasteiger partial charge in [0.05, 0.1) is 5.69 Å². The van der Waals surface area contributed by atoms with Gasteiger partial charge in [-0.2, -0.15) is 0 Å². The highest BCUT2D eigenvalue weighted by Crippen LogP contribution is 2.26. The van der Waals surface area contributed by atoms with Gasteiger partial charge in [0.15, 0.2) is 5.82 Å². The van der Waals surface area contributed by atoms with Gasteiger partial charge in [0, 0.05) is 19.2 Å². The van der Waals surface area contributed by atoms with E-state index in [0.717, 1.165) is 23.1 Å². The lowest BCUT2D eigenvalue weighted by Gasteiger charge is -2.07. The molecule has 7 heteroatoms. The molecule has 2 aromatic heterocycles. The van der Waals surface area contributed by atoms with Crippen LogP contribution in [0, 0.1) is 6.92 Å². The lowest BCUT2D eigenvalue weighted by Crippen LogP contribution is -2.05. The summed E-state index contributed by atoms with van der Waals surface area (Å²) in [4.78, 5) is 13.1. The molecule has 0 fully saturated rings. The largest absolute Gasteiger partial charge is 0.439 e. The molecule has 0 aromatic carbocycles. The number of anilines is 1. The average molecular weight is 294 g/mol. The minimum absolute atomic E-state index is 0.397. The van der Waals surface area contributed by atoms with Gasteiger partial charge < -0.3 is 14.5 Å². The molecule has 2 rings (SSSR count). The SMILES string of the molecule is CCNc1cc(Sc2nc(C)co2)nc(COCC)n1. The number of rotatable bonds is 7. The van der Waals surface area contributed by atoms with E-state index >= 15 is 0 Å². The molecule has 0 aliphatic rings. The summed E-state index contributed by atoms with van der Waals surface area (Å²) in [7, 11) is 0. The van der Waals surface area contributed by atoms with Crippen LogP contribution in [0.5, 0.6) is 0 Å². The van der Waals surface area contributed by atoms with Gasteiger partial charge in [-0.05, 0) is 32.5 Å². The molecule has 0 unspecified atom stereocenters. The lowest BCUT2D eigenvalue weighted by atomic mass is 10.5. The second kappa shape index (κ2) is 7.25. The number of oxazole rings is 1. The van der Waals surface area contributed by atoms with Gasteiger partial charge in [0.1, 0.15) is 23.7 Å². The first-order chi connectivity index (χ1) is 9.71. The quantitative estimate of drug-likeness (QED) is 0.787. The van der Waals surface area contributed by atoms with E-state index in [0.29, 0.717) is 24.3 Å². The molecule has 0 amide bonds. The molecule has 20 heavy (non-hydrogen) atoms. The zero-order valence-corrected chi connectivity index (χ0v) is 12.7. The maximum atomic E-state index is 5.36. The van der Waals surface area contributed by atoms with Crippen LogP contribution < -0.4 is 5.32 Å². The van der Waals surface area contributed by atoms with Crippen LogP contribution in [0.15, 0.2) is 27.0 Å². The number of nitrogens with zero attached hydrogens (tertiary/aromatic N) is 3. The number of hydrogen-bond donors (Lipinski definition) is 1. The maximum absolute atomic E-state index is 5.36. The molecule has 0 saturated carbocycles. The summed E-state index contributed by atoms with van der Waals surface area (Å²) in [6.45, 7) is 7.68. The van der Waals surface area contributed by atoms with Crippen LogP contribution >= 0.6 is 11.8 Å². The van der Waals surface area contributed by atoms with Crippen molar-refractivity contribution in [3.05, 3.63) is 23.8 Å². The summed E-state index contributed by atoms with van der Waals surface area (Å²) < 4.78 is 10.7. The molecule has 0 aliphatic carbocycles. The highest BCUT2D eigenvalue weighted by atomic mass is 32.2. The Balaban J connectivity index is 2.18. The normalized spacial score (nSPS) is 10.8. The Kier molecular flexibility index (Phi) is 5.37. The Hall–Kier alpha value is -1.60. The molecule has 0 radical (unpaired) electrons. The van der Waals surface area contributed by atoms with Gasteiger partial charge in [-0.3, -0.25) is 0 Å². The van der Waals surface area contributed by atoms with E-state index in [2.05, 4.69) is 20.3 Å². The average Bonchev–Trinajstić information content (AvgIpc) is 2.82. The molecule has 0 spiro atoms. The van der Waals surface area contributed by atoms with E-state index in [1.165, 1.54) is 11.8 Å². The van der Waals surface area contributed by atoms with Gasteiger partial charge in [0.25, 0.3) is 5.22 Å². The van der Waals surface area contributed by atoms with Crippen molar-refractivity contribution >= 4 is 17.6 Å². The fourth-order valence-corrected chi connectivity index (χ4v) is 2.31. The van der Waals surface area contributed by atoms with Crippen LogP contribution in [-0.4, -0.2) is 28.1 Å². The van der Waals surface area contributed by atoms with Crippen molar-refractivity contribution in [3.63, 3.8) is 0 Å². The number of aromatic nitrogens is 3. The Morgan fingerprint density at radius 1 is 1.30 bits per heavy atom. The van der Waals surface area contributed by atoms with Gasteiger partial charge in [0.2, 0.25) is 0 Å². The fourth-order valence-electron chi connectivity index (χ4n) is 1.52. The van der Waals surface area contributed by atoms with Crippen molar-refractivity contribution in [2.45, 2.75) is 37.6 Å². The molecule has 0 atom stereocenters. The van der Waals surface area contributed by atoms with E-state index in [9.17, 15) is 0 Å². The molecule has 2 heterocycles. The molecule has 6 nitrogen and oxygen atoms in total. The first kappa shape index (κ1) is 14.8. The van der Waals surface area contributed by atoms with Crippen molar-refractivity contribution < 1.29 is 9.15 Å². The first-order valence-corrected chi connectivity index (χ1v) is 7.32. The zero-order chi connectivity index (χ0) is 14.4. The number of nitrogens with one attached hydrogen (secondary N) is 1. The van der Waals surface area contributed by atoms with Crippen LogP contribution in [-0.2, 0) is 11.3 Å². The summed E-state index contributed by atoms with van der Waals surface area (Å²) in [5.41, 5.74) is 0.850. The summed E-state index contributed by atoms with van der Waals surface area (Å²) >= 11 is 1.37. The second-order valence-corrected chi connectivity index (χ2v) is 5.00. The smallest absolute Gasteiger partial charge is 0.262 e. The highest BCUT2D eigenvalue weighted by molar-refractivity contribution is 7.99. The van der Waals surface area contributed by atoms with Crippen molar-refractivity contribution in [1.29, 1.82) is 0 Å². The molecule has 0 saturated heterocycles. The van der Waals surface area contributed by atoms with Crippen molar-refractivity contribution in [1.82, 2.24) is 15.0 Å². The molecule has 0 aliphatic heterocycles. The van der Waals surface area contributed by atoms with Gasteiger partial charge in [-0.25, -0.2) is 15.0 Å². The number of ether oxygens (including phenoxy) is 1. The summed E-state index contributed by atoms with van der Waals surface area (Å²) in [6, 6.07) is 1.88. The van der Waals surface area contributed by atoms with Crippen LogP contribution in [0.1, 0.15) is 25.4 Å². The predicted octanol–water partition coefficient (Wildman–Crippen LogP) is 2.89. The van der Waals surface area contributed by atoms with E-state index in [1.807, 2.05) is 26.8 Å². The molecular formula is C13H18N4O2S. The van der Waals surface area contributed by atoms with Crippen molar-refractivity contribution in [3.8, 4) is 0 Å². The van der Waals surface area contributed by atoms with Gasteiger partial charge in [-0.1, -0.05) is 0 Å². The second-order valence-electron chi connectivity index (χ2n) is 4.03. The summed E-state index contributed by atoms with van der Waals surface area (Å²) in [6.07, 6.45) is 1.62. The van der Waals surface area contributed by atoms with Crippen molar-refractivity contribution in [2.75, 3.05) is 18.5 Å². The molecule has 108 valence electrons. The van der Waals surface area contributed by atoms with Crippen LogP contribution in [0.3, 0.4) is 0 Å². The number of hydrogen-bond acceptors (Lipinski definition) is 7. The highest BCUT2D eigenvalue weighted by Gasteiger charge is 2.09. The van der Waals surface area contributed by atoms with E-state index in [-0.39, 0.29) is 0 Å². The van der Waals surface area contributed by atoms with E-state index < -0.39 is 0 Å². The monoisotopic (exact) mass is 294 g/mol. The number of aryl methyl sites for hydroxylation is 1. The third-order valence-corrected chi connectivity index (χ3v) is 3.11. The van der Waals surface area contributed by atoms with Crippen molar-refractivity contribution in [2.24, 2.45) is 0 Å². The Bertz CT molecular complexity index is 559. The maximum Gasteiger partial charge on any atom is 0.262 e. The Morgan fingerprint density at radius 2 is 2.15 bits per heavy atom. The third kappa shape index (κ3) is 4.21. The minimum atomic E-state index is 0.397. The van der Waals surface area contributed by atoms with Gasteiger partial charge in [-0.15, -0.1) is 0 Å². The molecule has 2 aromatic rings. The molecular weight excluding hydrogens is 276 g/mol. The predicted molar refractivity (Wildman–Crippen MR) is 76.9 cm³/mol. The first-order valence-electron chi connectivity index (χ1n) is 6.50. The van der Waals surface area contributed by atoms with E-state index in [4.69, 9.17) is 9.15 Å².